The summed E-state index contributed by atoms with van der Waals surface area (Å²) in [7, 11) is -4.26. The van der Waals surface area contributed by atoms with Gasteiger partial charge in [0.2, 0.25) is 0 Å². The summed E-state index contributed by atoms with van der Waals surface area (Å²) in [5, 5.41) is 0. The SMILES string of the molecule is O=S(=O)(O)c1ccc(F)c(N2CCCC2)c1. The third kappa shape index (κ3) is 2.17. The zero-order chi connectivity index (χ0) is 11.8. The molecule has 4 nitrogen and oxygen atoms in total. The zero-order valence-electron chi connectivity index (χ0n) is 8.56. The Labute approximate surface area is 93.4 Å². The molecule has 1 fully saturated rings. The third-order valence-corrected chi connectivity index (χ3v) is 3.51. The molecule has 0 amide bonds. The van der Waals surface area contributed by atoms with Gasteiger partial charge in [-0.3, -0.25) is 4.55 Å². The lowest BCUT2D eigenvalue weighted by molar-refractivity contribution is 0.483. The topological polar surface area (TPSA) is 57.6 Å². The van der Waals surface area contributed by atoms with Crippen LogP contribution in [0.25, 0.3) is 0 Å². The van der Waals surface area contributed by atoms with Crippen LogP contribution in [-0.2, 0) is 10.1 Å². The second-order valence-electron chi connectivity index (χ2n) is 3.78. The number of rotatable bonds is 2. The van der Waals surface area contributed by atoms with Crippen LogP contribution in [0.5, 0.6) is 0 Å². The van der Waals surface area contributed by atoms with Gasteiger partial charge in [-0.25, -0.2) is 4.39 Å². The highest BCUT2D eigenvalue weighted by Gasteiger charge is 2.19. The van der Waals surface area contributed by atoms with Crippen LogP contribution >= 0.6 is 0 Å². The second kappa shape index (κ2) is 4.03. The van der Waals surface area contributed by atoms with Crippen molar-refractivity contribution >= 4 is 15.8 Å². The number of anilines is 1. The van der Waals surface area contributed by atoms with E-state index < -0.39 is 15.9 Å². The summed E-state index contributed by atoms with van der Waals surface area (Å²) in [6.07, 6.45) is 1.94. The van der Waals surface area contributed by atoms with Gasteiger partial charge in [0.05, 0.1) is 10.6 Å². The van der Waals surface area contributed by atoms with Gasteiger partial charge in [-0.1, -0.05) is 0 Å². The van der Waals surface area contributed by atoms with Crippen LogP contribution in [0.1, 0.15) is 12.8 Å². The van der Waals surface area contributed by atoms with Gasteiger partial charge in [0.1, 0.15) is 5.82 Å². The first-order valence-electron chi connectivity index (χ1n) is 5.00. The predicted molar refractivity (Wildman–Crippen MR) is 57.7 cm³/mol. The number of hydrogen-bond donors (Lipinski definition) is 1. The maximum Gasteiger partial charge on any atom is 0.294 e. The van der Waals surface area contributed by atoms with Crippen LogP contribution in [0.4, 0.5) is 10.1 Å². The molecular weight excluding hydrogens is 233 g/mol. The van der Waals surface area contributed by atoms with Crippen LogP contribution in [0.15, 0.2) is 23.1 Å². The molecule has 16 heavy (non-hydrogen) atoms. The molecule has 0 unspecified atom stereocenters. The first-order chi connectivity index (χ1) is 7.48. The normalized spacial score (nSPS) is 16.8. The molecule has 1 aliphatic heterocycles. The summed E-state index contributed by atoms with van der Waals surface area (Å²) in [4.78, 5) is 1.51. The average Bonchev–Trinajstić information content (AvgIpc) is 2.69. The fraction of sp³-hybridized carbons (Fsp3) is 0.400. The highest BCUT2D eigenvalue weighted by atomic mass is 32.2. The van der Waals surface area contributed by atoms with Crippen LogP contribution in [0.3, 0.4) is 0 Å². The van der Waals surface area contributed by atoms with E-state index in [9.17, 15) is 12.8 Å². The van der Waals surface area contributed by atoms with E-state index in [-0.39, 0.29) is 10.6 Å². The maximum atomic E-state index is 13.5. The predicted octanol–water partition coefficient (Wildman–Crippen LogP) is 1.67. The Morgan fingerprint density at radius 2 is 1.88 bits per heavy atom. The van der Waals surface area contributed by atoms with Gasteiger partial charge in [-0.05, 0) is 31.0 Å². The molecule has 0 aromatic heterocycles. The smallest absolute Gasteiger partial charge is 0.294 e. The van der Waals surface area contributed by atoms with Crippen LogP contribution in [0, 0.1) is 5.82 Å². The molecule has 2 rings (SSSR count). The minimum Gasteiger partial charge on any atom is -0.369 e. The van der Waals surface area contributed by atoms with Gasteiger partial charge >= 0.3 is 0 Å². The van der Waals surface area contributed by atoms with Crippen molar-refractivity contribution in [3.05, 3.63) is 24.0 Å². The molecule has 1 aromatic rings. The molecule has 1 heterocycles. The Kier molecular flexibility index (Phi) is 2.86. The number of hydrogen-bond acceptors (Lipinski definition) is 3. The van der Waals surface area contributed by atoms with Crippen molar-refractivity contribution in [1.82, 2.24) is 0 Å². The molecule has 6 heteroatoms. The van der Waals surface area contributed by atoms with Gasteiger partial charge in [0.15, 0.2) is 0 Å². The van der Waals surface area contributed by atoms with E-state index in [1.165, 1.54) is 6.07 Å². The first kappa shape index (κ1) is 11.3. The molecule has 1 saturated heterocycles. The molecule has 1 aliphatic rings. The van der Waals surface area contributed by atoms with Gasteiger partial charge in [-0.2, -0.15) is 8.42 Å². The van der Waals surface area contributed by atoms with E-state index in [1.807, 2.05) is 0 Å². The molecule has 0 atom stereocenters. The van der Waals surface area contributed by atoms with Crippen molar-refractivity contribution < 1.29 is 17.4 Å². The zero-order valence-corrected chi connectivity index (χ0v) is 9.37. The van der Waals surface area contributed by atoms with E-state index in [0.29, 0.717) is 13.1 Å². The second-order valence-corrected chi connectivity index (χ2v) is 5.20. The third-order valence-electron chi connectivity index (χ3n) is 2.66. The summed E-state index contributed by atoms with van der Waals surface area (Å²) < 4.78 is 44.2. The van der Waals surface area contributed by atoms with Gasteiger partial charge in [0, 0.05) is 13.1 Å². The molecule has 0 aliphatic carbocycles. The van der Waals surface area contributed by atoms with Crippen molar-refractivity contribution in [1.29, 1.82) is 0 Å². The lowest BCUT2D eigenvalue weighted by atomic mass is 10.3. The van der Waals surface area contributed by atoms with E-state index in [1.54, 1.807) is 4.90 Å². The average molecular weight is 245 g/mol. The number of halogens is 1. The fourth-order valence-electron chi connectivity index (χ4n) is 1.85. The van der Waals surface area contributed by atoms with Crippen molar-refractivity contribution in [3.63, 3.8) is 0 Å². The lowest BCUT2D eigenvalue weighted by Gasteiger charge is -2.18. The van der Waals surface area contributed by atoms with Gasteiger partial charge in [0.25, 0.3) is 10.1 Å². The van der Waals surface area contributed by atoms with Gasteiger partial charge in [-0.15, -0.1) is 0 Å². The molecule has 0 spiro atoms. The Bertz CT molecular complexity index is 495. The van der Waals surface area contributed by atoms with Gasteiger partial charge < -0.3 is 4.90 Å². The largest absolute Gasteiger partial charge is 0.369 e. The van der Waals surface area contributed by atoms with Crippen LogP contribution in [0.2, 0.25) is 0 Å². The summed E-state index contributed by atoms with van der Waals surface area (Å²) in [6.45, 7) is 1.43. The van der Waals surface area contributed by atoms with Crippen molar-refractivity contribution in [2.24, 2.45) is 0 Å². The number of nitrogens with zero attached hydrogens (tertiary/aromatic N) is 1. The minimum atomic E-state index is -4.26. The van der Waals surface area contributed by atoms with Crippen molar-refractivity contribution in [2.45, 2.75) is 17.7 Å². The quantitative estimate of drug-likeness (QED) is 0.805. The summed E-state index contributed by atoms with van der Waals surface area (Å²) >= 11 is 0. The van der Waals surface area contributed by atoms with E-state index >= 15 is 0 Å². The fourth-order valence-corrected chi connectivity index (χ4v) is 2.35. The monoisotopic (exact) mass is 245 g/mol. The Hall–Kier alpha value is -1.14. The lowest BCUT2D eigenvalue weighted by Crippen LogP contribution is -2.19. The van der Waals surface area contributed by atoms with Crippen LogP contribution in [-0.4, -0.2) is 26.1 Å². The summed E-state index contributed by atoms with van der Waals surface area (Å²) in [5.74, 6) is -0.464. The van der Waals surface area contributed by atoms with Crippen molar-refractivity contribution in [3.8, 4) is 0 Å². The molecule has 88 valence electrons. The highest BCUT2D eigenvalue weighted by Crippen LogP contribution is 2.26. The molecule has 1 N–H and O–H groups in total. The molecule has 1 aromatic carbocycles. The van der Waals surface area contributed by atoms with E-state index in [2.05, 4.69) is 0 Å². The van der Waals surface area contributed by atoms with E-state index in [4.69, 9.17) is 4.55 Å². The van der Waals surface area contributed by atoms with Crippen molar-refractivity contribution in [2.75, 3.05) is 18.0 Å². The first-order valence-corrected chi connectivity index (χ1v) is 6.44. The molecular formula is C10H12FNO3S. The molecule has 0 bridgehead atoms. The standard InChI is InChI=1S/C10H12FNO3S/c11-9-4-3-8(16(13,14)15)7-10(9)12-5-1-2-6-12/h3-4,7H,1-2,5-6H2,(H,13,14,15). The summed E-state index contributed by atoms with van der Waals surface area (Å²) in [5.41, 5.74) is 0.243. The summed E-state index contributed by atoms with van der Waals surface area (Å²) in [6, 6.07) is 3.30. The Morgan fingerprint density at radius 3 is 2.44 bits per heavy atom. The Morgan fingerprint density at radius 1 is 1.25 bits per heavy atom. The Balaban J connectivity index is 2.44. The molecule has 0 saturated carbocycles. The van der Waals surface area contributed by atoms with E-state index in [0.717, 1.165) is 25.0 Å². The van der Waals surface area contributed by atoms with Crippen LogP contribution < -0.4 is 4.90 Å². The molecule has 0 radical (unpaired) electrons. The maximum absolute atomic E-state index is 13.5. The minimum absolute atomic E-state index is 0.243. The highest BCUT2D eigenvalue weighted by molar-refractivity contribution is 7.85. The number of benzene rings is 1.